The SMILES string of the molecule is CCN(CC(N)=O)CC(N)=O. The number of rotatable bonds is 5. The van der Waals surface area contributed by atoms with Crippen molar-refractivity contribution in [3.8, 4) is 0 Å². The fourth-order valence-corrected chi connectivity index (χ4v) is 0.720. The lowest BCUT2D eigenvalue weighted by Crippen LogP contribution is -2.39. The Hall–Kier alpha value is -1.10. The van der Waals surface area contributed by atoms with Crippen LogP contribution in [0.1, 0.15) is 6.92 Å². The van der Waals surface area contributed by atoms with Crippen molar-refractivity contribution >= 4 is 11.8 Å². The zero-order valence-corrected chi connectivity index (χ0v) is 6.54. The molecule has 64 valence electrons. The van der Waals surface area contributed by atoms with Gasteiger partial charge in [-0.1, -0.05) is 6.92 Å². The van der Waals surface area contributed by atoms with Gasteiger partial charge < -0.3 is 11.5 Å². The van der Waals surface area contributed by atoms with E-state index in [1.165, 1.54) is 0 Å². The van der Waals surface area contributed by atoms with E-state index in [-0.39, 0.29) is 13.1 Å². The molecule has 0 aromatic rings. The Morgan fingerprint density at radius 3 is 1.73 bits per heavy atom. The molecule has 0 heterocycles. The number of hydrogen-bond acceptors (Lipinski definition) is 3. The van der Waals surface area contributed by atoms with Crippen molar-refractivity contribution < 1.29 is 9.59 Å². The van der Waals surface area contributed by atoms with Crippen LogP contribution < -0.4 is 11.5 Å². The van der Waals surface area contributed by atoms with E-state index in [0.717, 1.165) is 0 Å². The zero-order valence-electron chi connectivity index (χ0n) is 6.54. The molecule has 0 fully saturated rings. The van der Waals surface area contributed by atoms with Crippen LogP contribution in [0.5, 0.6) is 0 Å². The third-order valence-corrected chi connectivity index (χ3v) is 1.21. The molecule has 0 aliphatic heterocycles. The number of nitrogens with two attached hydrogens (primary N) is 2. The van der Waals surface area contributed by atoms with Gasteiger partial charge in [0, 0.05) is 0 Å². The molecule has 0 rings (SSSR count). The summed E-state index contributed by atoms with van der Waals surface area (Å²) >= 11 is 0. The molecule has 0 bridgehead atoms. The number of nitrogens with zero attached hydrogens (tertiary/aromatic N) is 1. The van der Waals surface area contributed by atoms with Gasteiger partial charge in [-0.25, -0.2) is 0 Å². The fraction of sp³-hybridized carbons (Fsp3) is 0.667. The maximum absolute atomic E-state index is 10.4. The molecule has 0 aliphatic carbocycles. The predicted octanol–water partition coefficient (Wildman–Crippen LogP) is -1.72. The average molecular weight is 159 g/mol. The topological polar surface area (TPSA) is 89.4 Å². The van der Waals surface area contributed by atoms with Crippen LogP contribution in [0.15, 0.2) is 0 Å². The molecule has 0 spiro atoms. The summed E-state index contributed by atoms with van der Waals surface area (Å²) in [6.07, 6.45) is 0. The Morgan fingerprint density at radius 1 is 1.18 bits per heavy atom. The molecule has 0 aromatic heterocycles. The molecule has 5 nitrogen and oxygen atoms in total. The summed E-state index contributed by atoms with van der Waals surface area (Å²) in [6, 6.07) is 0. The summed E-state index contributed by atoms with van der Waals surface area (Å²) in [7, 11) is 0. The molecule has 0 saturated carbocycles. The molecule has 0 unspecified atom stereocenters. The minimum Gasteiger partial charge on any atom is -0.369 e. The molecule has 0 atom stereocenters. The van der Waals surface area contributed by atoms with Crippen molar-refractivity contribution in [1.82, 2.24) is 4.90 Å². The Bertz CT molecular complexity index is 142. The van der Waals surface area contributed by atoms with Crippen molar-refractivity contribution in [2.45, 2.75) is 6.92 Å². The van der Waals surface area contributed by atoms with Gasteiger partial charge in [0.2, 0.25) is 11.8 Å². The minimum atomic E-state index is -0.451. The second-order valence-electron chi connectivity index (χ2n) is 2.24. The van der Waals surface area contributed by atoms with Crippen LogP contribution in [0, 0.1) is 0 Å². The van der Waals surface area contributed by atoms with Crippen LogP contribution in [0.25, 0.3) is 0 Å². The molecule has 0 aromatic carbocycles. The van der Waals surface area contributed by atoms with E-state index in [1.807, 2.05) is 6.92 Å². The first-order valence-electron chi connectivity index (χ1n) is 3.35. The average Bonchev–Trinajstić information content (AvgIpc) is 1.84. The summed E-state index contributed by atoms with van der Waals surface area (Å²) < 4.78 is 0. The molecule has 2 amide bonds. The van der Waals surface area contributed by atoms with Crippen molar-refractivity contribution in [2.75, 3.05) is 19.6 Å². The molecule has 11 heavy (non-hydrogen) atoms. The van der Waals surface area contributed by atoms with E-state index in [2.05, 4.69) is 0 Å². The van der Waals surface area contributed by atoms with E-state index >= 15 is 0 Å². The highest BCUT2D eigenvalue weighted by Crippen LogP contribution is 1.84. The second kappa shape index (κ2) is 4.68. The summed E-state index contributed by atoms with van der Waals surface area (Å²) in [5, 5.41) is 0. The first-order valence-corrected chi connectivity index (χ1v) is 3.35. The number of primary amides is 2. The fourth-order valence-electron chi connectivity index (χ4n) is 0.720. The first-order chi connectivity index (χ1) is 5.06. The van der Waals surface area contributed by atoms with E-state index < -0.39 is 11.8 Å². The van der Waals surface area contributed by atoms with Gasteiger partial charge in [0.05, 0.1) is 13.1 Å². The number of likely N-dealkylation sites (N-methyl/N-ethyl adjacent to an activating group) is 1. The van der Waals surface area contributed by atoms with Gasteiger partial charge in [-0.15, -0.1) is 0 Å². The van der Waals surface area contributed by atoms with Gasteiger partial charge in [-0.3, -0.25) is 14.5 Å². The van der Waals surface area contributed by atoms with E-state index in [4.69, 9.17) is 11.5 Å². The van der Waals surface area contributed by atoms with Gasteiger partial charge in [0.15, 0.2) is 0 Å². The smallest absolute Gasteiger partial charge is 0.231 e. The normalized spacial score (nSPS) is 10.0. The number of hydrogen-bond donors (Lipinski definition) is 2. The van der Waals surface area contributed by atoms with Crippen molar-refractivity contribution in [3.63, 3.8) is 0 Å². The highest BCUT2D eigenvalue weighted by Gasteiger charge is 2.07. The van der Waals surface area contributed by atoms with Gasteiger partial charge in [0.1, 0.15) is 0 Å². The maximum atomic E-state index is 10.4. The van der Waals surface area contributed by atoms with Crippen LogP contribution in [0.4, 0.5) is 0 Å². The van der Waals surface area contributed by atoms with Crippen LogP contribution >= 0.6 is 0 Å². The lowest BCUT2D eigenvalue weighted by molar-refractivity contribution is -0.121. The van der Waals surface area contributed by atoms with Gasteiger partial charge in [-0.2, -0.15) is 0 Å². The Balaban J connectivity index is 3.76. The van der Waals surface area contributed by atoms with Crippen molar-refractivity contribution in [1.29, 1.82) is 0 Å². The van der Waals surface area contributed by atoms with Gasteiger partial charge >= 0.3 is 0 Å². The third kappa shape index (κ3) is 5.35. The highest BCUT2D eigenvalue weighted by molar-refractivity contribution is 5.79. The second-order valence-corrected chi connectivity index (χ2v) is 2.24. The molecule has 0 aliphatic rings. The molecular formula is C6H13N3O2. The molecule has 0 saturated heterocycles. The van der Waals surface area contributed by atoms with E-state index in [0.29, 0.717) is 6.54 Å². The van der Waals surface area contributed by atoms with Crippen LogP contribution in [0.3, 0.4) is 0 Å². The summed E-state index contributed by atoms with van der Waals surface area (Å²) in [5.41, 5.74) is 9.82. The lowest BCUT2D eigenvalue weighted by Gasteiger charge is -2.15. The predicted molar refractivity (Wildman–Crippen MR) is 40.5 cm³/mol. The molecule has 4 N–H and O–H groups in total. The quantitative estimate of drug-likeness (QED) is 0.500. The van der Waals surface area contributed by atoms with Gasteiger partial charge in [-0.05, 0) is 6.54 Å². The molecular weight excluding hydrogens is 146 g/mol. The van der Waals surface area contributed by atoms with Crippen molar-refractivity contribution in [2.24, 2.45) is 11.5 Å². The summed E-state index contributed by atoms with van der Waals surface area (Å²) in [6.45, 7) is 2.58. The molecule has 5 heteroatoms. The summed E-state index contributed by atoms with van der Waals surface area (Å²) in [4.78, 5) is 22.3. The number of carbonyl (C=O) groups excluding carboxylic acids is 2. The molecule has 0 radical (unpaired) electrons. The standard InChI is InChI=1S/C6H13N3O2/c1-2-9(3-5(7)10)4-6(8)11/h2-4H2,1H3,(H2,7,10)(H2,8,11). The first kappa shape index (κ1) is 9.90. The Kier molecular flexibility index (Phi) is 4.21. The highest BCUT2D eigenvalue weighted by atomic mass is 16.2. The monoisotopic (exact) mass is 159 g/mol. The maximum Gasteiger partial charge on any atom is 0.231 e. The van der Waals surface area contributed by atoms with Gasteiger partial charge in [0.25, 0.3) is 0 Å². The zero-order chi connectivity index (χ0) is 8.85. The lowest BCUT2D eigenvalue weighted by atomic mass is 10.4. The summed E-state index contributed by atoms with van der Waals surface area (Å²) in [5.74, 6) is -0.902. The Morgan fingerprint density at radius 2 is 1.55 bits per heavy atom. The van der Waals surface area contributed by atoms with E-state index in [9.17, 15) is 9.59 Å². The Labute approximate surface area is 65.3 Å². The van der Waals surface area contributed by atoms with Crippen LogP contribution in [-0.2, 0) is 9.59 Å². The van der Waals surface area contributed by atoms with E-state index in [1.54, 1.807) is 4.90 Å². The minimum absolute atomic E-state index is 0.0828. The largest absolute Gasteiger partial charge is 0.369 e. The van der Waals surface area contributed by atoms with Crippen LogP contribution in [0.2, 0.25) is 0 Å². The number of amides is 2. The van der Waals surface area contributed by atoms with Crippen molar-refractivity contribution in [3.05, 3.63) is 0 Å². The number of carbonyl (C=O) groups is 2. The van der Waals surface area contributed by atoms with Crippen LogP contribution in [-0.4, -0.2) is 36.3 Å². The third-order valence-electron chi connectivity index (χ3n) is 1.21.